The molecule has 0 aromatic heterocycles. The molecule has 0 aromatic rings. The van der Waals surface area contributed by atoms with Crippen molar-refractivity contribution >= 4 is 0 Å². The molecule has 0 unspecified atom stereocenters. The molecule has 0 atom stereocenters. The zero-order valence-corrected chi connectivity index (χ0v) is 11.4. The summed E-state index contributed by atoms with van der Waals surface area (Å²) >= 11 is 0. The first kappa shape index (κ1) is 19.2. The molecule has 0 aliphatic heterocycles. The van der Waals surface area contributed by atoms with E-state index >= 15 is 0 Å². The largest absolute Gasteiger partial charge is 0.396 e. The Hall–Kier alpha value is -0.160. The highest BCUT2D eigenvalue weighted by Crippen LogP contribution is 2.11. The third kappa shape index (κ3) is 10.7. The Balaban J connectivity index is 0. The van der Waals surface area contributed by atoms with Crippen molar-refractivity contribution in [1.82, 2.24) is 0 Å². The van der Waals surface area contributed by atoms with E-state index in [1.165, 1.54) is 38.5 Å². The molecular formula is C13H30O4. The van der Waals surface area contributed by atoms with Gasteiger partial charge in [-0.1, -0.05) is 52.4 Å². The molecule has 4 nitrogen and oxygen atoms in total. The van der Waals surface area contributed by atoms with Crippen LogP contribution in [0.2, 0.25) is 0 Å². The number of aliphatic hydroxyl groups excluding tert-OH is 4. The fourth-order valence-electron chi connectivity index (χ4n) is 1.15. The van der Waals surface area contributed by atoms with E-state index in [-0.39, 0.29) is 0 Å². The van der Waals surface area contributed by atoms with E-state index in [0.29, 0.717) is 0 Å². The average Bonchev–Trinajstić information content (AvgIpc) is 2.39. The Kier molecular flexibility index (Phi) is 15.7. The minimum atomic E-state index is -1.11. The van der Waals surface area contributed by atoms with Gasteiger partial charge in [0.1, 0.15) is 0 Å². The highest BCUT2D eigenvalue weighted by atomic mass is 16.3. The summed E-state index contributed by atoms with van der Waals surface area (Å²) in [5, 5.41) is 34.0. The predicted molar refractivity (Wildman–Crippen MR) is 69.8 cm³/mol. The summed E-state index contributed by atoms with van der Waals surface area (Å²) in [7, 11) is 0. The van der Waals surface area contributed by atoms with Crippen LogP contribution in [0.25, 0.3) is 0 Å². The molecule has 0 saturated carbocycles. The van der Waals surface area contributed by atoms with Crippen molar-refractivity contribution in [1.29, 1.82) is 0 Å². The van der Waals surface area contributed by atoms with Gasteiger partial charge in [0, 0.05) is 0 Å². The summed E-state index contributed by atoms with van der Waals surface area (Å²) < 4.78 is 0. The van der Waals surface area contributed by atoms with Crippen molar-refractivity contribution in [2.45, 2.75) is 52.4 Å². The maximum atomic E-state index is 8.50. The van der Waals surface area contributed by atoms with Crippen LogP contribution < -0.4 is 0 Å². The van der Waals surface area contributed by atoms with E-state index in [4.69, 9.17) is 20.4 Å². The van der Waals surface area contributed by atoms with Gasteiger partial charge in [0.25, 0.3) is 0 Å². The summed E-state index contributed by atoms with van der Waals surface area (Å²) in [5.74, 6) is 0. The molecule has 0 bridgehead atoms. The Morgan fingerprint density at radius 3 is 1.00 bits per heavy atom. The minimum absolute atomic E-state index is 0.406. The molecule has 0 fully saturated rings. The first-order valence-electron chi connectivity index (χ1n) is 6.59. The van der Waals surface area contributed by atoms with Gasteiger partial charge in [0.15, 0.2) is 0 Å². The normalized spacial score (nSPS) is 10.9. The third-order valence-electron chi connectivity index (χ3n) is 2.80. The Morgan fingerprint density at radius 1 is 0.588 bits per heavy atom. The number of unbranched alkanes of at least 4 members (excludes halogenated alkanes) is 5. The van der Waals surface area contributed by atoms with Crippen LogP contribution in [0.3, 0.4) is 0 Å². The molecule has 0 amide bonds. The van der Waals surface area contributed by atoms with Gasteiger partial charge in [0.2, 0.25) is 0 Å². The third-order valence-corrected chi connectivity index (χ3v) is 2.80. The van der Waals surface area contributed by atoms with Crippen molar-refractivity contribution in [2.75, 3.05) is 26.4 Å². The van der Waals surface area contributed by atoms with Crippen LogP contribution in [0, 0.1) is 5.41 Å². The van der Waals surface area contributed by atoms with E-state index < -0.39 is 31.8 Å². The molecule has 0 radical (unpaired) electrons. The lowest BCUT2D eigenvalue weighted by atomic mass is 9.93. The average molecular weight is 250 g/mol. The standard InChI is InChI=1S/C8H18.C5H12O4/c1-3-5-7-8-6-4-2;6-1-5(2-7,3-8)4-9/h3-8H2,1-2H3;6-9H,1-4H2. The van der Waals surface area contributed by atoms with Crippen molar-refractivity contribution in [3.8, 4) is 0 Å². The monoisotopic (exact) mass is 250 g/mol. The van der Waals surface area contributed by atoms with Crippen LogP contribution >= 0.6 is 0 Å². The van der Waals surface area contributed by atoms with Crippen molar-refractivity contribution in [3.63, 3.8) is 0 Å². The van der Waals surface area contributed by atoms with Gasteiger partial charge in [-0.2, -0.15) is 0 Å². The number of rotatable bonds is 9. The topological polar surface area (TPSA) is 80.9 Å². The maximum absolute atomic E-state index is 8.50. The van der Waals surface area contributed by atoms with Gasteiger partial charge < -0.3 is 20.4 Å². The molecule has 4 N–H and O–H groups in total. The number of aliphatic hydroxyl groups is 4. The van der Waals surface area contributed by atoms with Gasteiger partial charge in [-0.15, -0.1) is 0 Å². The van der Waals surface area contributed by atoms with Crippen molar-refractivity contribution in [3.05, 3.63) is 0 Å². The Bertz CT molecular complexity index is 112. The lowest BCUT2D eigenvalue weighted by Gasteiger charge is -2.23. The summed E-state index contributed by atoms with van der Waals surface area (Å²) in [6.45, 7) is 2.89. The number of hydrogen-bond acceptors (Lipinski definition) is 4. The van der Waals surface area contributed by atoms with E-state index in [9.17, 15) is 0 Å². The van der Waals surface area contributed by atoms with E-state index in [1.54, 1.807) is 0 Å². The molecule has 0 aromatic carbocycles. The lowest BCUT2D eigenvalue weighted by Crippen LogP contribution is -2.37. The SMILES string of the molecule is CCCCCCCC.OCC(CO)(CO)CO. The molecule has 106 valence electrons. The quantitative estimate of drug-likeness (QED) is 0.465. The van der Waals surface area contributed by atoms with E-state index in [0.717, 1.165) is 0 Å². The van der Waals surface area contributed by atoms with Crippen LogP contribution in [-0.2, 0) is 0 Å². The van der Waals surface area contributed by atoms with Crippen LogP contribution in [0.4, 0.5) is 0 Å². The smallest absolute Gasteiger partial charge is 0.0627 e. The predicted octanol–water partition coefficient (Wildman–Crippen LogP) is 1.31. The van der Waals surface area contributed by atoms with Crippen molar-refractivity contribution in [2.24, 2.45) is 5.41 Å². The Morgan fingerprint density at radius 2 is 0.882 bits per heavy atom. The Labute approximate surface area is 105 Å². The summed E-state index contributed by atoms with van der Waals surface area (Å²) in [4.78, 5) is 0. The molecule has 17 heavy (non-hydrogen) atoms. The van der Waals surface area contributed by atoms with Crippen LogP contribution in [0.15, 0.2) is 0 Å². The van der Waals surface area contributed by atoms with Crippen LogP contribution in [-0.4, -0.2) is 46.9 Å². The molecule has 0 saturated heterocycles. The minimum Gasteiger partial charge on any atom is -0.396 e. The highest BCUT2D eigenvalue weighted by molar-refractivity contribution is 4.74. The van der Waals surface area contributed by atoms with Gasteiger partial charge in [0.05, 0.1) is 31.8 Å². The first-order valence-corrected chi connectivity index (χ1v) is 6.59. The number of hydrogen-bond donors (Lipinski definition) is 4. The molecule has 0 aliphatic rings. The molecule has 4 heteroatoms. The summed E-state index contributed by atoms with van der Waals surface area (Å²) in [6.07, 6.45) is 8.49. The first-order chi connectivity index (χ1) is 8.16. The highest BCUT2D eigenvalue weighted by Gasteiger charge is 2.26. The second-order valence-electron chi connectivity index (χ2n) is 4.55. The van der Waals surface area contributed by atoms with Gasteiger partial charge in [-0.25, -0.2) is 0 Å². The zero-order valence-electron chi connectivity index (χ0n) is 11.4. The molecule has 0 aliphatic carbocycles. The van der Waals surface area contributed by atoms with Gasteiger partial charge in [-0.05, 0) is 0 Å². The molecular weight excluding hydrogens is 220 g/mol. The second kappa shape index (κ2) is 13.9. The second-order valence-corrected chi connectivity index (χ2v) is 4.55. The fourth-order valence-corrected chi connectivity index (χ4v) is 1.15. The van der Waals surface area contributed by atoms with Crippen LogP contribution in [0.5, 0.6) is 0 Å². The van der Waals surface area contributed by atoms with Crippen LogP contribution in [0.1, 0.15) is 52.4 Å². The van der Waals surface area contributed by atoms with Gasteiger partial charge >= 0.3 is 0 Å². The summed E-state index contributed by atoms with van der Waals surface area (Å²) in [5.41, 5.74) is -1.11. The maximum Gasteiger partial charge on any atom is 0.0627 e. The zero-order chi connectivity index (χ0) is 13.6. The molecule has 0 rings (SSSR count). The fraction of sp³-hybridized carbons (Fsp3) is 1.00. The molecule has 0 spiro atoms. The lowest BCUT2D eigenvalue weighted by molar-refractivity contribution is -0.0328. The van der Waals surface area contributed by atoms with Crippen molar-refractivity contribution < 1.29 is 20.4 Å². The van der Waals surface area contributed by atoms with E-state index in [2.05, 4.69) is 13.8 Å². The van der Waals surface area contributed by atoms with Gasteiger partial charge in [-0.3, -0.25) is 0 Å². The molecule has 0 heterocycles. The summed E-state index contributed by atoms with van der Waals surface area (Å²) in [6, 6.07) is 0. The van der Waals surface area contributed by atoms with E-state index in [1.807, 2.05) is 0 Å².